The van der Waals surface area contributed by atoms with Crippen LogP contribution in [0, 0.1) is 11.6 Å². The molecule has 1 N–H and O–H groups in total. The third-order valence-corrected chi connectivity index (χ3v) is 3.45. The molecule has 0 radical (unpaired) electrons. The van der Waals surface area contributed by atoms with Gasteiger partial charge in [-0.1, -0.05) is 19.1 Å². The van der Waals surface area contributed by atoms with Gasteiger partial charge in [0.25, 0.3) is 0 Å². The minimum Gasteiger partial charge on any atom is -0.309 e. The maximum Gasteiger partial charge on any atom is 0.163 e. The summed E-state index contributed by atoms with van der Waals surface area (Å²) < 4.78 is 27.1. The standard InChI is InChI=1S/C14H20F2N2/c1-2-17-13(10-18-8-3-4-9-18)11-6-5-7-12(15)14(11)16/h5-7,13,17H,2-4,8-10H2,1H3. The lowest BCUT2D eigenvalue weighted by atomic mass is 10.1. The summed E-state index contributed by atoms with van der Waals surface area (Å²) in [5, 5.41) is 3.25. The highest BCUT2D eigenvalue weighted by Crippen LogP contribution is 2.22. The van der Waals surface area contributed by atoms with Crippen molar-refractivity contribution in [3.05, 3.63) is 35.4 Å². The van der Waals surface area contributed by atoms with Crippen LogP contribution in [0.5, 0.6) is 0 Å². The summed E-state index contributed by atoms with van der Waals surface area (Å²) >= 11 is 0. The summed E-state index contributed by atoms with van der Waals surface area (Å²) in [5.74, 6) is -1.49. The van der Waals surface area contributed by atoms with E-state index in [-0.39, 0.29) is 6.04 Å². The minimum atomic E-state index is -0.767. The van der Waals surface area contributed by atoms with Crippen LogP contribution in [0.1, 0.15) is 31.4 Å². The molecule has 0 bridgehead atoms. The maximum absolute atomic E-state index is 13.8. The highest BCUT2D eigenvalue weighted by molar-refractivity contribution is 5.23. The third kappa shape index (κ3) is 3.06. The van der Waals surface area contributed by atoms with Gasteiger partial charge in [-0.3, -0.25) is 0 Å². The van der Waals surface area contributed by atoms with Crippen LogP contribution in [0.3, 0.4) is 0 Å². The number of hydrogen-bond acceptors (Lipinski definition) is 2. The maximum atomic E-state index is 13.8. The SMILES string of the molecule is CCNC(CN1CCCC1)c1cccc(F)c1F. The van der Waals surface area contributed by atoms with Gasteiger partial charge in [-0.2, -0.15) is 0 Å². The Labute approximate surface area is 107 Å². The van der Waals surface area contributed by atoms with E-state index >= 15 is 0 Å². The molecule has 1 aliphatic rings. The Balaban J connectivity index is 2.14. The van der Waals surface area contributed by atoms with Gasteiger partial charge in [0.15, 0.2) is 11.6 Å². The van der Waals surface area contributed by atoms with Crippen molar-refractivity contribution >= 4 is 0 Å². The van der Waals surface area contributed by atoms with Crippen molar-refractivity contribution in [2.24, 2.45) is 0 Å². The number of nitrogens with zero attached hydrogens (tertiary/aromatic N) is 1. The van der Waals surface area contributed by atoms with Crippen molar-refractivity contribution in [2.75, 3.05) is 26.2 Å². The third-order valence-electron chi connectivity index (χ3n) is 3.45. The quantitative estimate of drug-likeness (QED) is 0.869. The Kier molecular flexibility index (Phi) is 4.66. The van der Waals surface area contributed by atoms with Crippen LogP contribution >= 0.6 is 0 Å². The molecule has 0 aromatic heterocycles. The van der Waals surface area contributed by atoms with Gasteiger partial charge in [0.05, 0.1) is 0 Å². The van der Waals surface area contributed by atoms with Gasteiger partial charge >= 0.3 is 0 Å². The van der Waals surface area contributed by atoms with Crippen LogP contribution in [-0.4, -0.2) is 31.1 Å². The zero-order valence-corrected chi connectivity index (χ0v) is 10.8. The number of likely N-dealkylation sites (tertiary alicyclic amines) is 1. The average Bonchev–Trinajstić information content (AvgIpc) is 2.85. The summed E-state index contributed by atoms with van der Waals surface area (Å²) in [4.78, 5) is 2.30. The Bertz CT molecular complexity index is 389. The molecule has 1 unspecified atom stereocenters. The lowest BCUT2D eigenvalue weighted by Crippen LogP contribution is -2.34. The zero-order valence-electron chi connectivity index (χ0n) is 10.8. The zero-order chi connectivity index (χ0) is 13.0. The molecule has 1 aromatic rings. The fraction of sp³-hybridized carbons (Fsp3) is 0.571. The van der Waals surface area contributed by atoms with Gasteiger partial charge in [-0.05, 0) is 38.5 Å². The first-order valence-corrected chi connectivity index (χ1v) is 6.62. The van der Waals surface area contributed by atoms with Crippen molar-refractivity contribution < 1.29 is 8.78 Å². The first-order valence-electron chi connectivity index (χ1n) is 6.62. The predicted molar refractivity (Wildman–Crippen MR) is 68.4 cm³/mol. The van der Waals surface area contributed by atoms with Gasteiger partial charge in [0.1, 0.15) is 0 Å². The summed E-state index contributed by atoms with van der Waals surface area (Å²) in [6.07, 6.45) is 2.40. The monoisotopic (exact) mass is 254 g/mol. The molecule has 1 aromatic carbocycles. The molecule has 2 nitrogen and oxygen atoms in total. The molecular weight excluding hydrogens is 234 g/mol. The Hall–Kier alpha value is -1.00. The van der Waals surface area contributed by atoms with Crippen LogP contribution in [-0.2, 0) is 0 Å². The van der Waals surface area contributed by atoms with Crippen molar-refractivity contribution in [1.29, 1.82) is 0 Å². The Morgan fingerprint density at radius 1 is 1.28 bits per heavy atom. The second-order valence-electron chi connectivity index (χ2n) is 4.76. The van der Waals surface area contributed by atoms with E-state index in [9.17, 15) is 8.78 Å². The highest BCUT2D eigenvalue weighted by Gasteiger charge is 2.21. The number of likely N-dealkylation sites (N-methyl/N-ethyl adjacent to an activating group) is 1. The van der Waals surface area contributed by atoms with E-state index in [1.165, 1.54) is 12.8 Å². The largest absolute Gasteiger partial charge is 0.309 e. The molecule has 1 atom stereocenters. The molecular formula is C14H20F2N2. The van der Waals surface area contributed by atoms with Gasteiger partial charge in [0, 0.05) is 18.2 Å². The topological polar surface area (TPSA) is 15.3 Å². The molecule has 0 spiro atoms. The summed E-state index contributed by atoms with van der Waals surface area (Å²) in [6, 6.07) is 4.27. The molecule has 0 aliphatic carbocycles. The minimum absolute atomic E-state index is 0.135. The Morgan fingerprint density at radius 2 is 2.00 bits per heavy atom. The summed E-state index contributed by atoms with van der Waals surface area (Å²) in [7, 11) is 0. The molecule has 100 valence electrons. The lowest BCUT2D eigenvalue weighted by Gasteiger charge is -2.24. The van der Waals surface area contributed by atoms with Crippen LogP contribution in [0.25, 0.3) is 0 Å². The second kappa shape index (κ2) is 6.25. The van der Waals surface area contributed by atoms with Crippen LogP contribution in [0.15, 0.2) is 18.2 Å². The molecule has 18 heavy (non-hydrogen) atoms. The van der Waals surface area contributed by atoms with Crippen molar-refractivity contribution in [2.45, 2.75) is 25.8 Å². The number of nitrogens with one attached hydrogen (secondary N) is 1. The number of benzene rings is 1. The molecule has 1 heterocycles. The molecule has 1 fully saturated rings. The van der Waals surface area contributed by atoms with Gasteiger partial charge in [-0.25, -0.2) is 8.78 Å². The predicted octanol–water partition coefficient (Wildman–Crippen LogP) is 2.71. The van der Waals surface area contributed by atoms with Gasteiger partial charge in [0.2, 0.25) is 0 Å². The molecule has 0 saturated carbocycles. The van der Waals surface area contributed by atoms with Gasteiger partial charge < -0.3 is 10.2 Å². The lowest BCUT2D eigenvalue weighted by molar-refractivity contribution is 0.289. The van der Waals surface area contributed by atoms with E-state index in [4.69, 9.17) is 0 Å². The summed E-state index contributed by atoms with van der Waals surface area (Å²) in [6.45, 7) is 5.58. The van der Waals surface area contributed by atoms with Crippen LogP contribution in [0.4, 0.5) is 8.78 Å². The molecule has 1 saturated heterocycles. The summed E-state index contributed by atoms with van der Waals surface area (Å²) in [5.41, 5.74) is 0.434. The smallest absolute Gasteiger partial charge is 0.163 e. The average molecular weight is 254 g/mol. The van der Waals surface area contributed by atoms with Crippen molar-refractivity contribution in [1.82, 2.24) is 10.2 Å². The Morgan fingerprint density at radius 3 is 2.67 bits per heavy atom. The van der Waals surface area contributed by atoms with E-state index in [0.717, 1.165) is 32.2 Å². The number of rotatable bonds is 5. The van der Waals surface area contributed by atoms with Gasteiger partial charge in [-0.15, -0.1) is 0 Å². The van der Waals surface area contributed by atoms with E-state index in [2.05, 4.69) is 10.2 Å². The van der Waals surface area contributed by atoms with E-state index < -0.39 is 11.6 Å². The fourth-order valence-electron chi connectivity index (χ4n) is 2.53. The molecule has 2 rings (SSSR count). The van der Waals surface area contributed by atoms with E-state index in [1.54, 1.807) is 12.1 Å². The first kappa shape index (κ1) is 13.4. The molecule has 1 aliphatic heterocycles. The van der Waals surface area contributed by atoms with Crippen LogP contribution in [0.2, 0.25) is 0 Å². The fourth-order valence-corrected chi connectivity index (χ4v) is 2.53. The van der Waals surface area contributed by atoms with E-state index in [1.807, 2.05) is 6.92 Å². The molecule has 4 heteroatoms. The van der Waals surface area contributed by atoms with Crippen molar-refractivity contribution in [3.63, 3.8) is 0 Å². The highest BCUT2D eigenvalue weighted by atomic mass is 19.2. The van der Waals surface area contributed by atoms with E-state index in [0.29, 0.717) is 5.56 Å². The van der Waals surface area contributed by atoms with Crippen molar-refractivity contribution in [3.8, 4) is 0 Å². The van der Waals surface area contributed by atoms with Crippen LogP contribution < -0.4 is 5.32 Å². The molecule has 0 amide bonds. The number of halogens is 2. The number of hydrogen-bond donors (Lipinski definition) is 1. The first-order chi connectivity index (χ1) is 8.72. The normalized spacial score (nSPS) is 18.2. The second-order valence-corrected chi connectivity index (χ2v) is 4.76.